The van der Waals surface area contributed by atoms with Crippen molar-refractivity contribution in [1.29, 1.82) is 0 Å². The van der Waals surface area contributed by atoms with Gasteiger partial charge >= 0.3 is 0 Å². The van der Waals surface area contributed by atoms with Gasteiger partial charge in [0.25, 0.3) is 5.69 Å². The lowest BCUT2D eigenvalue weighted by Crippen LogP contribution is -2.33. The molecule has 0 spiro atoms. The fraction of sp³-hybridized carbons (Fsp3) is 0.222. The number of anilines is 1. The summed E-state index contributed by atoms with van der Waals surface area (Å²) in [5.74, 6) is -0.893. The molecule has 9 nitrogen and oxygen atoms in total. The van der Waals surface area contributed by atoms with Gasteiger partial charge in [-0.2, -0.15) is 0 Å². The molecular formula is C9H12N4O5S. The predicted octanol–water partition coefficient (Wildman–Crippen LogP) is -0.600. The number of nitro benzene ring substituents is 1. The number of nitrogens with one attached hydrogen (secondary N) is 2. The van der Waals surface area contributed by atoms with Gasteiger partial charge in [-0.25, -0.2) is 13.1 Å². The van der Waals surface area contributed by atoms with Crippen LogP contribution in [0.3, 0.4) is 0 Å². The third-order valence-corrected chi connectivity index (χ3v) is 3.60. The Hall–Kier alpha value is -2.20. The van der Waals surface area contributed by atoms with E-state index in [1.165, 1.54) is 13.1 Å². The molecule has 0 aromatic heterocycles. The lowest BCUT2D eigenvalue weighted by Gasteiger charge is -2.07. The topological polar surface area (TPSA) is 144 Å². The number of nitrogens with two attached hydrogens (primary N) is 1. The summed E-state index contributed by atoms with van der Waals surface area (Å²) in [6, 6.07) is 3.53. The number of benzene rings is 1. The zero-order valence-corrected chi connectivity index (χ0v) is 10.7. The Labute approximate surface area is 109 Å². The van der Waals surface area contributed by atoms with E-state index in [-0.39, 0.29) is 0 Å². The van der Waals surface area contributed by atoms with Crippen molar-refractivity contribution >= 4 is 27.3 Å². The fourth-order valence-corrected chi connectivity index (χ4v) is 2.47. The van der Waals surface area contributed by atoms with E-state index >= 15 is 0 Å². The van der Waals surface area contributed by atoms with E-state index in [0.717, 1.165) is 12.1 Å². The second kappa shape index (κ2) is 5.63. The Morgan fingerprint density at radius 1 is 1.47 bits per heavy atom. The Morgan fingerprint density at radius 3 is 2.58 bits per heavy atom. The Kier molecular flexibility index (Phi) is 4.40. The van der Waals surface area contributed by atoms with Crippen LogP contribution in [0.25, 0.3) is 0 Å². The van der Waals surface area contributed by atoms with Crippen molar-refractivity contribution in [2.45, 2.75) is 4.90 Å². The Morgan fingerprint density at radius 2 is 2.11 bits per heavy atom. The summed E-state index contributed by atoms with van der Waals surface area (Å²) in [5, 5.41) is 13.5. The summed E-state index contributed by atoms with van der Waals surface area (Å²) in [7, 11) is -2.66. The highest BCUT2D eigenvalue weighted by Gasteiger charge is 2.26. The summed E-state index contributed by atoms with van der Waals surface area (Å²) in [6.45, 7) is -0.636. The number of sulfonamides is 1. The van der Waals surface area contributed by atoms with Gasteiger partial charge in [0.15, 0.2) is 4.90 Å². The third-order valence-electron chi connectivity index (χ3n) is 2.17. The second-order valence-electron chi connectivity index (χ2n) is 3.48. The maximum Gasteiger partial charge on any atom is 0.289 e. The minimum Gasteiger partial charge on any atom is -0.388 e. The molecule has 104 valence electrons. The molecule has 19 heavy (non-hydrogen) atoms. The minimum absolute atomic E-state index is 0.380. The maximum absolute atomic E-state index is 11.9. The number of rotatable bonds is 6. The molecule has 4 N–H and O–H groups in total. The standard InChI is InChI=1S/C9H12N4O5S/c1-11-6-2-3-7(13(15)16)8(4-6)19(17,18)12-5-9(10)14/h2-4,11-12H,5H2,1H3,(H2,10,14). The van der Waals surface area contributed by atoms with Crippen molar-refractivity contribution in [2.75, 3.05) is 18.9 Å². The number of nitro groups is 1. The van der Waals surface area contributed by atoms with Gasteiger partial charge in [0, 0.05) is 18.8 Å². The number of amides is 1. The van der Waals surface area contributed by atoms with Crippen LogP contribution in [-0.2, 0) is 14.8 Å². The van der Waals surface area contributed by atoms with Crippen LogP contribution in [0.2, 0.25) is 0 Å². The van der Waals surface area contributed by atoms with Crippen LogP contribution in [0.15, 0.2) is 23.1 Å². The van der Waals surface area contributed by atoms with Gasteiger partial charge in [-0.3, -0.25) is 14.9 Å². The van der Waals surface area contributed by atoms with Crippen LogP contribution in [0.4, 0.5) is 11.4 Å². The molecule has 0 radical (unpaired) electrons. The lowest BCUT2D eigenvalue weighted by molar-refractivity contribution is -0.387. The monoisotopic (exact) mass is 288 g/mol. The number of carbonyl (C=O) groups excluding carboxylic acids is 1. The summed E-state index contributed by atoms with van der Waals surface area (Å²) in [6.07, 6.45) is 0. The Bertz CT molecular complexity index is 613. The number of nitrogens with zero attached hydrogens (tertiary/aromatic N) is 1. The fourth-order valence-electron chi connectivity index (χ4n) is 1.28. The van der Waals surface area contributed by atoms with E-state index in [1.807, 2.05) is 4.72 Å². The zero-order valence-electron chi connectivity index (χ0n) is 9.91. The van der Waals surface area contributed by atoms with E-state index in [2.05, 4.69) is 5.32 Å². The van der Waals surface area contributed by atoms with Gasteiger partial charge in [0.2, 0.25) is 15.9 Å². The van der Waals surface area contributed by atoms with Crippen molar-refractivity contribution in [2.24, 2.45) is 5.73 Å². The second-order valence-corrected chi connectivity index (χ2v) is 5.22. The average molecular weight is 288 g/mol. The molecule has 1 amide bonds. The van der Waals surface area contributed by atoms with Gasteiger partial charge in [-0.1, -0.05) is 0 Å². The smallest absolute Gasteiger partial charge is 0.289 e. The van der Waals surface area contributed by atoms with Crippen LogP contribution < -0.4 is 15.8 Å². The minimum atomic E-state index is -4.20. The third kappa shape index (κ3) is 3.63. The number of carbonyl (C=O) groups is 1. The molecule has 0 aliphatic heterocycles. The molecule has 0 aliphatic rings. The van der Waals surface area contributed by atoms with Crippen molar-refractivity contribution in [1.82, 2.24) is 4.72 Å². The summed E-state index contributed by atoms with van der Waals surface area (Å²) in [5.41, 5.74) is 4.61. The molecular weight excluding hydrogens is 276 g/mol. The Balaban J connectivity index is 3.29. The van der Waals surface area contributed by atoms with Crippen molar-refractivity contribution in [3.8, 4) is 0 Å². The molecule has 0 fully saturated rings. The van der Waals surface area contributed by atoms with Gasteiger partial charge in [-0.05, 0) is 12.1 Å². The summed E-state index contributed by atoms with van der Waals surface area (Å²) >= 11 is 0. The van der Waals surface area contributed by atoms with Crippen LogP contribution in [0.1, 0.15) is 0 Å². The van der Waals surface area contributed by atoms with Crippen molar-refractivity contribution in [3.05, 3.63) is 28.3 Å². The summed E-state index contributed by atoms with van der Waals surface area (Å²) in [4.78, 5) is 20.0. The van der Waals surface area contributed by atoms with Crippen molar-refractivity contribution in [3.63, 3.8) is 0 Å². The maximum atomic E-state index is 11.9. The molecule has 0 saturated heterocycles. The molecule has 0 aliphatic carbocycles. The number of hydrogen-bond acceptors (Lipinski definition) is 6. The highest BCUT2D eigenvalue weighted by molar-refractivity contribution is 7.89. The lowest BCUT2D eigenvalue weighted by atomic mass is 10.3. The van der Waals surface area contributed by atoms with Crippen molar-refractivity contribution < 1.29 is 18.1 Å². The molecule has 0 bridgehead atoms. The first-order valence-corrected chi connectivity index (χ1v) is 6.50. The number of primary amides is 1. The molecule has 0 unspecified atom stereocenters. The highest BCUT2D eigenvalue weighted by atomic mass is 32.2. The quantitative estimate of drug-likeness (QED) is 0.471. The van der Waals surface area contributed by atoms with Gasteiger partial charge in [0.05, 0.1) is 11.5 Å². The molecule has 1 aromatic rings. The van der Waals surface area contributed by atoms with E-state index in [9.17, 15) is 23.3 Å². The van der Waals surface area contributed by atoms with E-state index in [0.29, 0.717) is 5.69 Å². The average Bonchev–Trinajstić information content (AvgIpc) is 2.35. The molecule has 0 atom stereocenters. The largest absolute Gasteiger partial charge is 0.388 e. The number of hydrogen-bond donors (Lipinski definition) is 3. The predicted molar refractivity (Wildman–Crippen MR) is 67.0 cm³/mol. The van der Waals surface area contributed by atoms with Crippen LogP contribution in [0, 0.1) is 10.1 Å². The van der Waals surface area contributed by atoms with E-state index in [4.69, 9.17) is 5.73 Å². The first-order chi connectivity index (χ1) is 8.77. The van der Waals surface area contributed by atoms with Gasteiger partial charge < -0.3 is 11.1 Å². The van der Waals surface area contributed by atoms with E-state index < -0.39 is 38.0 Å². The zero-order chi connectivity index (χ0) is 14.6. The molecule has 0 heterocycles. The first kappa shape index (κ1) is 14.9. The van der Waals surface area contributed by atoms with Crippen LogP contribution >= 0.6 is 0 Å². The van der Waals surface area contributed by atoms with Crippen LogP contribution in [0.5, 0.6) is 0 Å². The molecule has 0 saturated carbocycles. The molecule has 1 aromatic carbocycles. The normalized spacial score (nSPS) is 11.0. The first-order valence-electron chi connectivity index (χ1n) is 5.02. The van der Waals surface area contributed by atoms with Crippen LogP contribution in [-0.4, -0.2) is 32.8 Å². The SMILES string of the molecule is CNc1ccc([N+](=O)[O-])c(S(=O)(=O)NCC(N)=O)c1. The highest BCUT2D eigenvalue weighted by Crippen LogP contribution is 2.26. The van der Waals surface area contributed by atoms with Gasteiger partial charge in [-0.15, -0.1) is 0 Å². The molecule has 10 heteroatoms. The van der Waals surface area contributed by atoms with E-state index in [1.54, 1.807) is 0 Å². The van der Waals surface area contributed by atoms with Gasteiger partial charge in [0.1, 0.15) is 0 Å². The molecule has 1 rings (SSSR count). The summed E-state index contributed by atoms with van der Waals surface area (Å²) < 4.78 is 25.6.